The number of benzene rings is 1. The lowest BCUT2D eigenvalue weighted by molar-refractivity contribution is -0.143. The second-order valence-corrected chi connectivity index (χ2v) is 10.4. The van der Waals surface area contributed by atoms with Crippen LogP contribution in [0.3, 0.4) is 0 Å². The second kappa shape index (κ2) is 11.2. The smallest absolute Gasteiger partial charge is 0.408 e. The fourth-order valence-corrected chi connectivity index (χ4v) is 3.16. The number of ether oxygens (including phenoxy) is 1. The SMILES string of the molecule is C=CCN(C(=O)C(NC(=O)OC(C)(C)C)C(C)C)C(C(=O)NC(C)(C)C)c1ccc(O)cc1. The van der Waals surface area contributed by atoms with Gasteiger partial charge in [0.2, 0.25) is 11.8 Å². The van der Waals surface area contributed by atoms with Gasteiger partial charge in [0.15, 0.2) is 0 Å². The Kier molecular flexibility index (Phi) is 9.51. The number of amides is 3. The monoisotopic (exact) mass is 461 g/mol. The van der Waals surface area contributed by atoms with Crippen molar-refractivity contribution in [3.8, 4) is 5.75 Å². The van der Waals surface area contributed by atoms with Gasteiger partial charge in [0.1, 0.15) is 23.4 Å². The van der Waals surface area contributed by atoms with Gasteiger partial charge in [0, 0.05) is 12.1 Å². The van der Waals surface area contributed by atoms with E-state index >= 15 is 0 Å². The van der Waals surface area contributed by atoms with Crippen LogP contribution in [-0.2, 0) is 14.3 Å². The number of phenolic OH excluding ortho intramolecular Hbond substituents is 1. The Bertz CT molecular complexity index is 835. The number of phenols is 1. The Balaban J connectivity index is 3.42. The highest BCUT2D eigenvalue weighted by atomic mass is 16.6. The maximum absolute atomic E-state index is 13.7. The van der Waals surface area contributed by atoms with Gasteiger partial charge in [0.25, 0.3) is 0 Å². The summed E-state index contributed by atoms with van der Waals surface area (Å²) in [6.45, 7) is 18.2. The van der Waals surface area contributed by atoms with Crippen molar-refractivity contribution in [2.75, 3.05) is 6.54 Å². The van der Waals surface area contributed by atoms with Gasteiger partial charge in [-0.2, -0.15) is 0 Å². The van der Waals surface area contributed by atoms with Crippen molar-refractivity contribution in [1.29, 1.82) is 0 Å². The quantitative estimate of drug-likeness (QED) is 0.509. The molecule has 0 bridgehead atoms. The minimum Gasteiger partial charge on any atom is -0.508 e. The zero-order valence-electron chi connectivity index (χ0n) is 21.1. The molecule has 2 unspecified atom stereocenters. The van der Waals surface area contributed by atoms with Crippen molar-refractivity contribution >= 4 is 17.9 Å². The number of nitrogens with zero attached hydrogens (tertiary/aromatic N) is 1. The molecule has 1 rings (SSSR count). The summed E-state index contributed by atoms with van der Waals surface area (Å²) < 4.78 is 5.33. The maximum atomic E-state index is 13.7. The molecule has 1 aromatic carbocycles. The van der Waals surface area contributed by atoms with Gasteiger partial charge in [-0.25, -0.2) is 4.79 Å². The number of aromatic hydroxyl groups is 1. The predicted octanol–water partition coefficient (Wildman–Crippen LogP) is 3.91. The van der Waals surface area contributed by atoms with Gasteiger partial charge in [-0.15, -0.1) is 6.58 Å². The van der Waals surface area contributed by atoms with Crippen molar-refractivity contribution in [2.24, 2.45) is 5.92 Å². The van der Waals surface area contributed by atoms with E-state index in [0.717, 1.165) is 0 Å². The van der Waals surface area contributed by atoms with E-state index in [4.69, 9.17) is 4.74 Å². The molecule has 3 N–H and O–H groups in total. The lowest BCUT2D eigenvalue weighted by atomic mass is 9.98. The molecule has 2 atom stereocenters. The van der Waals surface area contributed by atoms with Gasteiger partial charge in [-0.05, 0) is 65.2 Å². The van der Waals surface area contributed by atoms with Crippen molar-refractivity contribution in [3.05, 3.63) is 42.5 Å². The third-order valence-electron chi connectivity index (χ3n) is 4.48. The molecule has 0 aromatic heterocycles. The van der Waals surface area contributed by atoms with E-state index in [1.54, 1.807) is 46.8 Å². The molecule has 33 heavy (non-hydrogen) atoms. The van der Waals surface area contributed by atoms with Crippen LogP contribution in [0.4, 0.5) is 4.79 Å². The highest BCUT2D eigenvalue weighted by Gasteiger charge is 2.37. The summed E-state index contributed by atoms with van der Waals surface area (Å²) in [5.74, 6) is -1.06. The summed E-state index contributed by atoms with van der Waals surface area (Å²) in [7, 11) is 0. The first-order chi connectivity index (χ1) is 15.1. The topological polar surface area (TPSA) is 108 Å². The Morgan fingerprint density at radius 2 is 1.64 bits per heavy atom. The molecule has 8 nitrogen and oxygen atoms in total. The molecular formula is C25H39N3O5. The number of alkyl carbamates (subject to hydrolysis) is 1. The summed E-state index contributed by atoms with van der Waals surface area (Å²) in [6, 6.07) is 4.18. The molecule has 0 fully saturated rings. The first-order valence-electron chi connectivity index (χ1n) is 11.1. The Labute approximate surface area is 197 Å². The van der Waals surface area contributed by atoms with Crippen LogP contribution in [0.1, 0.15) is 67.0 Å². The van der Waals surface area contributed by atoms with E-state index in [1.807, 2.05) is 20.8 Å². The number of nitrogens with one attached hydrogen (secondary N) is 2. The van der Waals surface area contributed by atoms with E-state index < -0.39 is 35.2 Å². The largest absolute Gasteiger partial charge is 0.508 e. The van der Waals surface area contributed by atoms with Crippen LogP contribution >= 0.6 is 0 Å². The van der Waals surface area contributed by atoms with Gasteiger partial charge < -0.3 is 25.4 Å². The van der Waals surface area contributed by atoms with Crippen molar-refractivity contribution in [2.45, 2.75) is 78.6 Å². The molecule has 0 aliphatic carbocycles. The number of hydrogen-bond acceptors (Lipinski definition) is 5. The van der Waals surface area contributed by atoms with Crippen LogP contribution < -0.4 is 10.6 Å². The first-order valence-corrected chi connectivity index (χ1v) is 11.1. The molecular weight excluding hydrogens is 422 g/mol. The number of carbonyl (C=O) groups is 3. The molecule has 184 valence electrons. The van der Waals surface area contributed by atoms with Crippen molar-refractivity contribution < 1.29 is 24.2 Å². The van der Waals surface area contributed by atoms with Crippen LogP contribution in [0.25, 0.3) is 0 Å². The fourth-order valence-electron chi connectivity index (χ4n) is 3.16. The van der Waals surface area contributed by atoms with Crippen molar-refractivity contribution in [1.82, 2.24) is 15.5 Å². The zero-order chi connectivity index (χ0) is 25.6. The molecule has 1 aromatic rings. The third kappa shape index (κ3) is 9.16. The van der Waals surface area contributed by atoms with Crippen LogP contribution in [-0.4, -0.2) is 51.6 Å². The highest BCUT2D eigenvalue weighted by Crippen LogP contribution is 2.26. The number of rotatable bonds is 8. The van der Waals surface area contributed by atoms with Crippen LogP contribution in [0.5, 0.6) is 5.75 Å². The number of carbonyl (C=O) groups excluding carboxylic acids is 3. The number of hydrogen-bond donors (Lipinski definition) is 3. The Hall–Kier alpha value is -3.03. The minimum absolute atomic E-state index is 0.0435. The first kappa shape index (κ1) is 28.0. The van der Waals surface area contributed by atoms with E-state index in [0.29, 0.717) is 5.56 Å². The van der Waals surface area contributed by atoms with Gasteiger partial charge >= 0.3 is 6.09 Å². The molecule has 0 saturated heterocycles. The molecule has 0 radical (unpaired) electrons. The molecule has 0 aliphatic rings. The second-order valence-electron chi connectivity index (χ2n) is 10.4. The summed E-state index contributed by atoms with van der Waals surface area (Å²) >= 11 is 0. The van der Waals surface area contributed by atoms with Gasteiger partial charge in [-0.3, -0.25) is 9.59 Å². The maximum Gasteiger partial charge on any atom is 0.408 e. The van der Waals surface area contributed by atoms with Gasteiger partial charge in [-0.1, -0.05) is 32.1 Å². The Morgan fingerprint density at radius 1 is 1.09 bits per heavy atom. The van der Waals surface area contributed by atoms with E-state index in [-0.39, 0.29) is 24.1 Å². The summed E-state index contributed by atoms with van der Waals surface area (Å²) in [4.78, 5) is 40.9. The lowest BCUT2D eigenvalue weighted by Gasteiger charge is -2.36. The van der Waals surface area contributed by atoms with E-state index in [1.165, 1.54) is 23.1 Å². The molecule has 8 heteroatoms. The van der Waals surface area contributed by atoms with Crippen molar-refractivity contribution in [3.63, 3.8) is 0 Å². The Morgan fingerprint density at radius 3 is 2.06 bits per heavy atom. The molecule has 0 heterocycles. The summed E-state index contributed by atoms with van der Waals surface area (Å²) in [5.41, 5.74) is -0.748. The average molecular weight is 462 g/mol. The highest BCUT2D eigenvalue weighted by molar-refractivity contribution is 5.92. The normalized spacial score (nSPS) is 13.6. The summed E-state index contributed by atoms with van der Waals surface area (Å²) in [5, 5.41) is 15.3. The lowest BCUT2D eigenvalue weighted by Crippen LogP contribution is -2.56. The molecule has 0 spiro atoms. The molecule has 3 amide bonds. The summed E-state index contributed by atoms with van der Waals surface area (Å²) in [6.07, 6.45) is 0.814. The average Bonchev–Trinajstić information content (AvgIpc) is 2.63. The van der Waals surface area contributed by atoms with Gasteiger partial charge in [0.05, 0.1) is 0 Å². The predicted molar refractivity (Wildman–Crippen MR) is 129 cm³/mol. The van der Waals surface area contributed by atoms with E-state index in [9.17, 15) is 19.5 Å². The molecule has 0 aliphatic heterocycles. The van der Waals surface area contributed by atoms with Crippen LogP contribution in [0, 0.1) is 5.92 Å². The van der Waals surface area contributed by atoms with E-state index in [2.05, 4.69) is 17.2 Å². The fraction of sp³-hybridized carbons (Fsp3) is 0.560. The third-order valence-corrected chi connectivity index (χ3v) is 4.48. The molecule has 0 saturated carbocycles. The standard InChI is InChI=1S/C25H39N3O5/c1-10-15-28(22(31)19(16(2)3)26-23(32)33-25(7,8)9)20(21(30)27-24(4,5)6)17-11-13-18(29)14-12-17/h10-14,16,19-20,29H,1,15H2,2-9H3,(H,26,32)(H,27,30). The van der Waals surface area contributed by atoms with Crippen LogP contribution in [0.15, 0.2) is 36.9 Å². The minimum atomic E-state index is -1.00. The van der Waals surface area contributed by atoms with Crippen LogP contribution in [0.2, 0.25) is 0 Å². The zero-order valence-corrected chi connectivity index (χ0v) is 21.1.